The molecule has 0 atom stereocenters. The molecule has 1 fully saturated rings. The van der Waals surface area contributed by atoms with Gasteiger partial charge in [-0.15, -0.1) is 0 Å². The molecule has 0 saturated heterocycles. The second kappa shape index (κ2) is 4.37. The molecular weight excluding hydrogens is 256 g/mol. The van der Waals surface area contributed by atoms with Crippen LogP contribution < -0.4 is 5.32 Å². The molecular formula is C15H16N2O3. The summed E-state index contributed by atoms with van der Waals surface area (Å²) >= 11 is 0. The maximum absolute atomic E-state index is 12.0. The first-order valence-electron chi connectivity index (χ1n) is 6.54. The molecule has 1 amide bonds. The average Bonchev–Trinajstić information content (AvgIpc) is 3.05. The molecule has 104 valence electrons. The molecule has 1 saturated carbocycles. The van der Waals surface area contributed by atoms with Crippen LogP contribution in [0.3, 0.4) is 0 Å². The van der Waals surface area contributed by atoms with E-state index in [-0.39, 0.29) is 11.3 Å². The van der Waals surface area contributed by atoms with Crippen molar-refractivity contribution in [3.63, 3.8) is 0 Å². The van der Waals surface area contributed by atoms with Crippen molar-refractivity contribution in [3.05, 3.63) is 30.0 Å². The molecule has 0 bridgehead atoms. The number of esters is 1. The van der Waals surface area contributed by atoms with Crippen LogP contribution in [0.25, 0.3) is 10.9 Å². The minimum atomic E-state index is -0.405. The molecule has 1 aliphatic rings. The zero-order valence-electron chi connectivity index (χ0n) is 11.4. The van der Waals surface area contributed by atoms with Crippen LogP contribution in [0, 0.1) is 5.41 Å². The van der Waals surface area contributed by atoms with Gasteiger partial charge >= 0.3 is 5.97 Å². The Morgan fingerprint density at radius 1 is 1.30 bits per heavy atom. The number of H-pyrrole nitrogens is 1. The average molecular weight is 272 g/mol. The van der Waals surface area contributed by atoms with Crippen LogP contribution in [0.5, 0.6) is 0 Å². The van der Waals surface area contributed by atoms with Gasteiger partial charge in [-0.05, 0) is 37.1 Å². The lowest BCUT2D eigenvalue weighted by molar-refractivity contribution is -0.120. The van der Waals surface area contributed by atoms with E-state index in [1.807, 2.05) is 25.1 Å². The lowest BCUT2D eigenvalue weighted by Gasteiger charge is -2.09. The second-order valence-electron chi connectivity index (χ2n) is 5.49. The highest BCUT2D eigenvalue weighted by atomic mass is 16.5. The van der Waals surface area contributed by atoms with Crippen LogP contribution in [-0.2, 0) is 9.53 Å². The van der Waals surface area contributed by atoms with Crippen molar-refractivity contribution in [2.24, 2.45) is 5.41 Å². The summed E-state index contributed by atoms with van der Waals surface area (Å²) in [6.07, 6.45) is 1.88. The fraction of sp³-hybridized carbons (Fsp3) is 0.333. The molecule has 3 rings (SSSR count). The highest BCUT2D eigenvalue weighted by molar-refractivity contribution is 6.00. The molecule has 0 aliphatic heterocycles. The molecule has 5 nitrogen and oxygen atoms in total. The van der Waals surface area contributed by atoms with E-state index in [0.29, 0.717) is 5.69 Å². The van der Waals surface area contributed by atoms with Gasteiger partial charge in [0.05, 0.1) is 7.11 Å². The van der Waals surface area contributed by atoms with Crippen molar-refractivity contribution in [3.8, 4) is 0 Å². The number of nitrogens with one attached hydrogen (secondary N) is 2. The summed E-state index contributed by atoms with van der Waals surface area (Å²) in [5.74, 6) is -0.349. The minimum absolute atomic E-state index is 0.0561. The van der Waals surface area contributed by atoms with Crippen LogP contribution in [-0.4, -0.2) is 24.0 Å². The van der Waals surface area contributed by atoms with Crippen LogP contribution in [0.2, 0.25) is 0 Å². The standard InChI is InChI=1S/C15H16N2O3/c1-15(5-6-15)14(19)16-10-3-4-11-9(7-10)8-12(17-11)13(18)20-2/h3-4,7-8,17H,5-6H2,1-2H3,(H,16,19). The number of methoxy groups -OCH3 is 1. The van der Waals surface area contributed by atoms with E-state index in [1.165, 1.54) is 7.11 Å². The Balaban J connectivity index is 1.86. The first-order chi connectivity index (χ1) is 9.51. The number of fused-ring (bicyclic) bond motifs is 1. The summed E-state index contributed by atoms with van der Waals surface area (Å²) in [6.45, 7) is 1.96. The van der Waals surface area contributed by atoms with E-state index < -0.39 is 5.97 Å². The summed E-state index contributed by atoms with van der Waals surface area (Å²) in [5, 5.41) is 3.78. The van der Waals surface area contributed by atoms with Gasteiger partial charge < -0.3 is 15.0 Å². The predicted molar refractivity (Wildman–Crippen MR) is 75.6 cm³/mol. The Bertz CT molecular complexity index is 698. The molecule has 1 aliphatic carbocycles. The lowest BCUT2D eigenvalue weighted by atomic mass is 10.1. The lowest BCUT2D eigenvalue weighted by Crippen LogP contribution is -2.21. The second-order valence-corrected chi connectivity index (χ2v) is 5.49. The van der Waals surface area contributed by atoms with Gasteiger partial charge in [-0.25, -0.2) is 4.79 Å². The van der Waals surface area contributed by atoms with Gasteiger partial charge in [0.1, 0.15) is 5.69 Å². The molecule has 5 heteroatoms. The Morgan fingerprint density at radius 3 is 2.70 bits per heavy atom. The molecule has 1 aromatic heterocycles. The maximum atomic E-state index is 12.0. The molecule has 0 unspecified atom stereocenters. The SMILES string of the molecule is COC(=O)c1cc2cc(NC(=O)C3(C)CC3)ccc2[nH]1. The first kappa shape index (κ1) is 12.7. The van der Waals surface area contributed by atoms with E-state index in [4.69, 9.17) is 0 Å². The predicted octanol–water partition coefficient (Wildman–Crippen LogP) is 2.69. The number of rotatable bonds is 3. The Hall–Kier alpha value is -2.30. The molecule has 1 aromatic carbocycles. The van der Waals surface area contributed by atoms with Gasteiger partial charge in [-0.3, -0.25) is 4.79 Å². The monoisotopic (exact) mass is 272 g/mol. The van der Waals surface area contributed by atoms with Crippen LogP contribution >= 0.6 is 0 Å². The highest BCUT2D eigenvalue weighted by Crippen LogP contribution is 2.45. The maximum Gasteiger partial charge on any atom is 0.354 e. The third-order valence-electron chi connectivity index (χ3n) is 3.83. The van der Waals surface area contributed by atoms with Crippen molar-refractivity contribution in [2.45, 2.75) is 19.8 Å². The Morgan fingerprint density at radius 2 is 2.05 bits per heavy atom. The van der Waals surface area contributed by atoms with Crippen molar-refractivity contribution in [1.82, 2.24) is 4.98 Å². The molecule has 0 spiro atoms. The van der Waals surface area contributed by atoms with Crippen LogP contribution in [0.15, 0.2) is 24.3 Å². The largest absolute Gasteiger partial charge is 0.464 e. The van der Waals surface area contributed by atoms with E-state index in [9.17, 15) is 9.59 Å². The van der Waals surface area contributed by atoms with Gasteiger partial charge in [-0.2, -0.15) is 0 Å². The van der Waals surface area contributed by atoms with Gasteiger partial charge in [0.2, 0.25) is 5.91 Å². The number of hydrogen-bond acceptors (Lipinski definition) is 3. The summed E-state index contributed by atoms with van der Waals surface area (Å²) in [6, 6.07) is 7.23. The van der Waals surface area contributed by atoms with Gasteiger partial charge in [0.25, 0.3) is 0 Å². The van der Waals surface area contributed by atoms with Gasteiger partial charge in [0.15, 0.2) is 0 Å². The van der Waals surface area contributed by atoms with Crippen molar-refractivity contribution >= 4 is 28.5 Å². The van der Waals surface area contributed by atoms with Gasteiger partial charge in [-0.1, -0.05) is 6.92 Å². The summed E-state index contributed by atoms with van der Waals surface area (Å²) in [4.78, 5) is 26.4. The number of benzene rings is 1. The van der Waals surface area contributed by atoms with Crippen molar-refractivity contribution in [2.75, 3.05) is 12.4 Å². The van der Waals surface area contributed by atoms with E-state index >= 15 is 0 Å². The number of amides is 1. The summed E-state index contributed by atoms with van der Waals surface area (Å²) < 4.78 is 4.67. The number of carbonyl (C=O) groups is 2. The Kier molecular flexibility index (Phi) is 2.78. The van der Waals surface area contributed by atoms with Crippen LogP contribution in [0.4, 0.5) is 5.69 Å². The quantitative estimate of drug-likeness (QED) is 0.844. The summed E-state index contributed by atoms with van der Waals surface area (Å²) in [7, 11) is 1.34. The van der Waals surface area contributed by atoms with Crippen molar-refractivity contribution in [1.29, 1.82) is 0 Å². The number of aromatic nitrogens is 1. The zero-order chi connectivity index (χ0) is 14.3. The van der Waals surface area contributed by atoms with E-state index in [0.717, 1.165) is 29.4 Å². The molecule has 1 heterocycles. The normalized spacial score (nSPS) is 15.9. The number of carbonyl (C=O) groups excluding carboxylic acids is 2. The number of aromatic amines is 1. The molecule has 0 radical (unpaired) electrons. The third kappa shape index (κ3) is 2.15. The smallest absolute Gasteiger partial charge is 0.354 e. The first-order valence-corrected chi connectivity index (χ1v) is 6.54. The van der Waals surface area contributed by atoms with Gasteiger partial charge in [0, 0.05) is 22.0 Å². The number of anilines is 1. The van der Waals surface area contributed by atoms with E-state index in [2.05, 4.69) is 15.0 Å². The van der Waals surface area contributed by atoms with E-state index in [1.54, 1.807) is 6.07 Å². The molecule has 2 N–H and O–H groups in total. The highest BCUT2D eigenvalue weighted by Gasteiger charge is 2.44. The minimum Gasteiger partial charge on any atom is -0.464 e. The topological polar surface area (TPSA) is 71.2 Å². The Labute approximate surface area is 116 Å². The fourth-order valence-electron chi connectivity index (χ4n) is 2.13. The zero-order valence-corrected chi connectivity index (χ0v) is 11.4. The fourth-order valence-corrected chi connectivity index (χ4v) is 2.13. The van der Waals surface area contributed by atoms with Crippen LogP contribution in [0.1, 0.15) is 30.3 Å². The molecule has 2 aromatic rings. The number of ether oxygens (including phenoxy) is 1. The molecule has 20 heavy (non-hydrogen) atoms. The summed E-state index contributed by atoms with van der Waals surface area (Å²) in [5.41, 5.74) is 1.77. The van der Waals surface area contributed by atoms with Crippen molar-refractivity contribution < 1.29 is 14.3 Å². The number of hydrogen-bond donors (Lipinski definition) is 2. The third-order valence-corrected chi connectivity index (χ3v) is 3.83.